The van der Waals surface area contributed by atoms with E-state index in [1.165, 1.54) is 6.92 Å². The molecular weight excluding hydrogens is 385 g/mol. The van der Waals surface area contributed by atoms with Crippen LogP contribution >= 0.6 is 0 Å². The molecule has 0 radical (unpaired) electrons. The second-order valence-electron chi connectivity index (χ2n) is 7.08. The monoisotopic (exact) mass is 414 g/mol. The third kappa shape index (κ3) is 7.63. The van der Waals surface area contributed by atoms with Crippen molar-refractivity contribution in [1.82, 2.24) is 5.32 Å². The van der Waals surface area contributed by atoms with E-state index in [1.807, 2.05) is 6.92 Å². The normalized spacial score (nSPS) is 25.1. The van der Waals surface area contributed by atoms with Crippen molar-refractivity contribution in [1.29, 1.82) is 0 Å². The average molecular weight is 414 g/mol. The molecule has 1 amide bonds. The summed E-state index contributed by atoms with van der Waals surface area (Å²) in [5.74, 6) is -4.25. The second-order valence-corrected chi connectivity index (χ2v) is 7.08. The van der Waals surface area contributed by atoms with E-state index in [9.17, 15) is 27.9 Å². The van der Waals surface area contributed by atoms with Gasteiger partial charge in [0.1, 0.15) is 0 Å². The Hall–Kier alpha value is -1.88. The zero-order valence-electron chi connectivity index (χ0n) is 16.4. The van der Waals surface area contributed by atoms with Gasteiger partial charge in [-0.3, -0.25) is 9.59 Å². The van der Waals surface area contributed by atoms with E-state index in [1.54, 1.807) is 7.11 Å². The van der Waals surface area contributed by atoms with Crippen molar-refractivity contribution in [3.63, 3.8) is 0 Å². The number of nitrogens with one attached hydrogen (secondary N) is 1. The van der Waals surface area contributed by atoms with E-state index >= 15 is 0 Å². The van der Waals surface area contributed by atoms with Crippen molar-refractivity contribution in [2.24, 2.45) is 17.6 Å². The number of nitrogens with two attached hydrogens (primary N) is 1. The molecule has 1 aliphatic rings. The number of ether oxygens (including phenoxy) is 1. The number of carboxylic acids is 2. The van der Waals surface area contributed by atoms with Crippen LogP contribution in [0.4, 0.5) is 13.2 Å². The van der Waals surface area contributed by atoms with E-state index in [0.29, 0.717) is 12.8 Å². The van der Waals surface area contributed by atoms with Gasteiger partial charge in [0.2, 0.25) is 5.91 Å². The molecule has 1 saturated carbocycles. The molecule has 8 nitrogen and oxygen atoms in total. The molecule has 0 aromatic carbocycles. The highest BCUT2D eigenvalue weighted by atomic mass is 19.4. The Bertz CT molecular complexity index is 558. The average Bonchev–Trinajstić information content (AvgIpc) is 2.94. The fourth-order valence-electron chi connectivity index (χ4n) is 3.50. The number of hydrogen-bond donors (Lipinski definition) is 4. The molecule has 1 aliphatic carbocycles. The van der Waals surface area contributed by atoms with Gasteiger partial charge in [0, 0.05) is 20.1 Å². The highest BCUT2D eigenvalue weighted by Crippen LogP contribution is 2.38. The number of alkyl halides is 3. The fraction of sp³-hybridized carbons (Fsp3) is 0.824. The van der Waals surface area contributed by atoms with Crippen LogP contribution in [-0.4, -0.2) is 59.0 Å². The van der Waals surface area contributed by atoms with Crippen molar-refractivity contribution in [2.45, 2.75) is 70.3 Å². The van der Waals surface area contributed by atoms with Crippen molar-refractivity contribution < 1.29 is 42.5 Å². The maximum absolute atomic E-state index is 11.6. The molecule has 11 heteroatoms. The van der Waals surface area contributed by atoms with Gasteiger partial charge in [-0.25, -0.2) is 4.79 Å². The van der Waals surface area contributed by atoms with Gasteiger partial charge in [-0.05, 0) is 32.1 Å². The van der Waals surface area contributed by atoms with Crippen LogP contribution in [0.5, 0.6) is 0 Å². The number of rotatable bonds is 7. The number of hydrogen-bond acceptors (Lipinski definition) is 5. The largest absolute Gasteiger partial charge is 0.490 e. The van der Waals surface area contributed by atoms with Gasteiger partial charge in [-0.1, -0.05) is 13.3 Å². The summed E-state index contributed by atoms with van der Waals surface area (Å²) in [5.41, 5.74) is 5.62. The molecule has 0 aliphatic heterocycles. The van der Waals surface area contributed by atoms with Crippen LogP contribution in [0.2, 0.25) is 0 Å². The van der Waals surface area contributed by atoms with Crippen LogP contribution in [0.1, 0.15) is 46.5 Å². The minimum Gasteiger partial charge on any atom is -0.481 e. The lowest BCUT2D eigenvalue weighted by Gasteiger charge is -2.41. The Labute approximate surface area is 161 Å². The van der Waals surface area contributed by atoms with E-state index in [4.69, 9.17) is 20.4 Å². The minimum atomic E-state index is -5.08. The molecule has 0 bridgehead atoms. The summed E-state index contributed by atoms with van der Waals surface area (Å²) in [7, 11) is 1.62. The lowest BCUT2D eigenvalue weighted by atomic mass is 9.79. The predicted molar refractivity (Wildman–Crippen MR) is 93.4 cm³/mol. The van der Waals surface area contributed by atoms with E-state index in [0.717, 1.165) is 12.8 Å². The maximum atomic E-state index is 11.6. The van der Waals surface area contributed by atoms with Gasteiger partial charge < -0.3 is 26.0 Å². The first-order valence-electron chi connectivity index (χ1n) is 8.80. The van der Waals surface area contributed by atoms with Crippen molar-refractivity contribution in [2.75, 3.05) is 7.11 Å². The highest BCUT2D eigenvalue weighted by Gasteiger charge is 2.47. The van der Waals surface area contributed by atoms with E-state index in [-0.39, 0.29) is 23.9 Å². The lowest BCUT2D eigenvalue weighted by Crippen LogP contribution is -2.58. The van der Waals surface area contributed by atoms with Crippen molar-refractivity contribution in [3.05, 3.63) is 0 Å². The van der Waals surface area contributed by atoms with Crippen LogP contribution < -0.4 is 11.1 Å². The van der Waals surface area contributed by atoms with Crippen LogP contribution in [0.3, 0.4) is 0 Å². The molecule has 0 aromatic rings. The Balaban J connectivity index is 0.000000887. The molecule has 0 saturated heterocycles. The number of carbonyl (C=O) groups is 3. The minimum absolute atomic E-state index is 0.0912. The summed E-state index contributed by atoms with van der Waals surface area (Å²) in [5, 5.41) is 19.3. The Morgan fingerprint density at radius 3 is 2.04 bits per heavy atom. The van der Waals surface area contributed by atoms with Crippen LogP contribution in [0.15, 0.2) is 0 Å². The molecule has 5 unspecified atom stereocenters. The number of aliphatic carboxylic acids is 2. The smallest absolute Gasteiger partial charge is 0.481 e. The van der Waals surface area contributed by atoms with E-state index in [2.05, 4.69) is 12.2 Å². The van der Waals surface area contributed by atoms with Gasteiger partial charge in [0.25, 0.3) is 0 Å². The standard InChI is InChI=1S/C15H28N2O4.C2HF3O2/c1-5-6-15(3,21-4)13(17-9(2)18)11-7-10(14(19)20)8-12(11)16;3-2(4,5)1(6)7/h10-13H,5-8,16H2,1-4H3,(H,17,18)(H,19,20);(H,6,7). The van der Waals surface area contributed by atoms with Crippen LogP contribution in [-0.2, 0) is 19.1 Å². The van der Waals surface area contributed by atoms with Crippen molar-refractivity contribution >= 4 is 17.8 Å². The molecule has 0 spiro atoms. The summed E-state index contributed by atoms with van der Waals surface area (Å²) in [4.78, 5) is 31.7. The number of carbonyl (C=O) groups excluding carboxylic acids is 1. The summed E-state index contributed by atoms with van der Waals surface area (Å²) in [6.45, 7) is 5.47. The topological polar surface area (TPSA) is 139 Å². The zero-order chi connectivity index (χ0) is 22.3. The summed E-state index contributed by atoms with van der Waals surface area (Å²) < 4.78 is 37.4. The Kier molecular flexibility index (Phi) is 9.89. The van der Waals surface area contributed by atoms with Gasteiger partial charge >= 0.3 is 18.1 Å². The number of methoxy groups -OCH3 is 1. The van der Waals surface area contributed by atoms with Gasteiger partial charge in [-0.15, -0.1) is 0 Å². The molecule has 1 fully saturated rings. The fourth-order valence-corrected chi connectivity index (χ4v) is 3.50. The number of amides is 1. The molecule has 1 rings (SSSR count). The second kappa shape index (κ2) is 10.6. The predicted octanol–water partition coefficient (Wildman–Crippen LogP) is 1.77. The lowest BCUT2D eigenvalue weighted by molar-refractivity contribution is -0.192. The molecular formula is C17H29F3N2O6. The molecule has 164 valence electrons. The maximum Gasteiger partial charge on any atom is 0.490 e. The Morgan fingerprint density at radius 2 is 1.75 bits per heavy atom. The summed E-state index contributed by atoms with van der Waals surface area (Å²) in [6.07, 6.45) is -2.48. The first-order chi connectivity index (χ1) is 12.7. The summed E-state index contributed by atoms with van der Waals surface area (Å²) in [6, 6.07) is -0.520. The van der Waals surface area contributed by atoms with Crippen LogP contribution in [0.25, 0.3) is 0 Å². The first kappa shape index (κ1) is 26.1. The van der Waals surface area contributed by atoms with Gasteiger partial charge in [-0.2, -0.15) is 13.2 Å². The third-order valence-corrected chi connectivity index (χ3v) is 4.91. The van der Waals surface area contributed by atoms with Crippen molar-refractivity contribution in [3.8, 4) is 0 Å². The zero-order valence-corrected chi connectivity index (χ0v) is 16.4. The van der Waals surface area contributed by atoms with Gasteiger partial charge in [0.05, 0.1) is 17.6 Å². The molecule has 5 atom stereocenters. The summed E-state index contributed by atoms with van der Waals surface area (Å²) >= 11 is 0. The number of halogens is 3. The quantitative estimate of drug-likeness (QED) is 0.498. The Morgan fingerprint density at radius 1 is 1.25 bits per heavy atom. The molecule has 5 N–H and O–H groups in total. The number of carboxylic acid groups (broad SMARTS) is 2. The molecule has 0 heterocycles. The van der Waals surface area contributed by atoms with E-state index < -0.39 is 29.6 Å². The highest BCUT2D eigenvalue weighted by molar-refractivity contribution is 5.74. The first-order valence-corrected chi connectivity index (χ1v) is 8.80. The molecule has 28 heavy (non-hydrogen) atoms. The third-order valence-electron chi connectivity index (χ3n) is 4.91. The SMILES string of the molecule is CCCC(C)(OC)C(NC(C)=O)C1CC(C(=O)O)CC1N.O=C(O)C(F)(F)F. The van der Waals surface area contributed by atoms with Crippen LogP contribution in [0, 0.1) is 11.8 Å². The van der Waals surface area contributed by atoms with Gasteiger partial charge in [0.15, 0.2) is 0 Å². The molecule has 0 aromatic heterocycles.